The lowest BCUT2D eigenvalue weighted by Gasteiger charge is -2.54. The van der Waals surface area contributed by atoms with Crippen LogP contribution in [-0.2, 0) is 13.2 Å². The monoisotopic (exact) mass is 487 g/mol. The Bertz CT molecular complexity index is 888. The highest BCUT2D eigenvalue weighted by molar-refractivity contribution is 9.10. The van der Waals surface area contributed by atoms with Crippen molar-refractivity contribution in [2.45, 2.75) is 58.2 Å². The fourth-order valence-electron chi connectivity index (χ4n) is 6.36. The lowest BCUT2D eigenvalue weighted by molar-refractivity contribution is -0.0142. The molecule has 5 heteroatoms. The quantitative estimate of drug-likeness (QED) is 0.462. The zero-order valence-corrected chi connectivity index (χ0v) is 19.7. The van der Waals surface area contributed by atoms with Crippen LogP contribution in [0.5, 0.6) is 11.5 Å². The molecule has 4 aliphatic rings. The normalized spacial score (nSPS) is 28.7. The summed E-state index contributed by atoms with van der Waals surface area (Å²) in [6, 6.07) is 11.3. The van der Waals surface area contributed by atoms with Crippen molar-refractivity contribution in [3.63, 3.8) is 0 Å². The standard InChI is InChI=1S/C26H31BrFNO2/c1-2-30-24-13-19(12-23(27)26(24)31-15-16-3-5-22(28)6-4-16)14-29-25-20-8-17-7-18(10-20)11-21(25)9-17/h3-6,12-13,17-18,20-21,25,29H,2,7-11,14-15H2,1H3. The SMILES string of the molecule is CCOc1cc(CNC2C3CC4CC(C3)CC2C4)cc(Br)c1OCc1ccc(F)cc1. The largest absolute Gasteiger partial charge is 0.490 e. The van der Waals surface area contributed by atoms with E-state index in [1.807, 2.05) is 6.92 Å². The first-order chi connectivity index (χ1) is 15.1. The van der Waals surface area contributed by atoms with Gasteiger partial charge in [0, 0.05) is 12.6 Å². The van der Waals surface area contributed by atoms with Crippen molar-refractivity contribution in [2.75, 3.05) is 6.61 Å². The van der Waals surface area contributed by atoms with E-state index < -0.39 is 0 Å². The van der Waals surface area contributed by atoms with Gasteiger partial charge in [0.25, 0.3) is 0 Å². The number of halogens is 2. The van der Waals surface area contributed by atoms with Gasteiger partial charge < -0.3 is 14.8 Å². The third-order valence-electron chi connectivity index (χ3n) is 7.43. The molecule has 6 rings (SSSR count). The zero-order valence-electron chi connectivity index (χ0n) is 18.1. The van der Waals surface area contributed by atoms with Crippen molar-refractivity contribution in [2.24, 2.45) is 23.7 Å². The van der Waals surface area contributed by atoms with Crippen LogP contribution in [0.3, 0.4) is 0 Å². The predicted molar refractivity (Wildman–Crippen MR) is 124 cm³/mol. The van der Waals surface area contributed by atoms with Crippen molar-refractivity contribution >= 4 is 15.9 Å². The van der Waals surface area contributed by atoms with Crippen LogP contribution in [0.15, 0.2) is 40.9 Å². The van der Waals surface area contributed by atoms with Crippen LogP contribution in [0.2, 0.25) is 0 Å². The average molecular weight is 488 g/mol. The Morgan fingerprint density at radius 3 is 2.26 bits per heavy atom. The first kappa shape index (κ1) is 21.3. The van der Waals surface area contributed by atoms with Crippen LogP contribution in [-0.4, -0.2) is 12.6 Å². The van der Waals surface area contributed by atoms with Crippen LogP contribution in [0.25, 0.3) is 0 Å². The maximum atomic E-state index is 13.2. The van der Waals surface area contributed by atoms with Gasteiger partial charge >= 0.3 is 0 Å². The molecule has 0 atom stereocenters. The third kappa shape index (κ3) is 4.63. The molecule has 2 aromatic rings. The van der Waals surface area contributed by atoms with Gasteiger partial charge in [-0.15, -0.1) is 0 Å². The molecule has 166 valence electrons. The molecule has 0 aromatic heterocycles. The Kier molecular flexibility index (Phi) is 6.25. The van der Waals surface area contributed by atoms with Gasteiger partial charge in [0.05, 0.1) is 11.1 Å². The third-order valence-corrected chi connectivity index (χ3v) is 8.02. The summed E-state index contributed by atoms with van der Waals surface area (Å²) in [6.07, 6.45) is 7.19. The minimum atomic E-state index is -0.240. The van der Waals surface area contributed by atoms with Crippen molar-refractivity contribution in [1.82, 2.24) is 5.32 Å². The van der Waals surface area contributed by atoms with Crippen LogP contribution < -0.4 is 14.8 Å². The van der Waals surface area contributed by atoms with Gasteiger partial charge in [0.15, 0.2) is 11.5 Å². The molecule has 4 bridgehead atoms. The summed E-state index contributed by atoms with van der Waals surface area (Å²) in [5.41, 5.74) is 2.13. The molecule has 0 radical (unpaired) electrons. The van der Waals surface area contributed by atoms with E-state index in [4.69, 9.17) is 9.47 Å². The molecule has 0 heterocycles. The first-order valence-electron chi connectivity index (χ1n) is 11.6. The molecular formula is C26H31BrFNO2. The van der Waals surface area contributed by atoms with Gasteiger partial charge in [0.1, 0.15) is 12.4 Å². The van der Waals surface area contributed by atoms with Gasteiger partial charge in [0.2, 0.25) is 0 Å². The lowest BCUT2D eigenvalue weighted by atomic mass is 9.54. The van der Waals surface area contributed by atoms with Crippen LogP contribution >= 0.6 is 15.9 Å². The van der Waals surface area contributed by atoms with Gasteiger partial charge in [-0.05, 0) is 114 Å². The highest BCUT2D eigenvalue weighted by Crippen LogP contribution is 2.53. The Hall–Kier alpha value is -1.59. The van der Waals surface area contributed by atoms with E-state index in [1.54, 1.807) is 12.1 Å². The molecule has 0 unspecified atom stereocenters. The molecule has 31 heavy (non-hydrogen) atoms. The fourth-order valence-corrected chi connectivity index (χ4v) is 6.96. The molecule has 0 spiro atoms. The molecule has 4 fully saturated rings. The number of benzene rings is 2. The smallest absolute Gasteiger partial charge is 0.175 e. The summed E-state index contributed by atoms with van der Waals surface area (Å²) in [5.74, 6) is 4.93. The van der Waals surface area contributed by atoms with Crippen molar-refractivity contribution < 1.29 is 13.9 Å². The number of hydrogen-bond donors (Lipinski definition) is 1. The van der Waals surface area contributed by atoms with Gasteiger partial charge in [-0.25, -0.2) is 4.39 Å². The minimum Gasteiger partial charge on any atom is -0.490 e. The Morgan fingerprint density at radius 1 is 0.935 bits per heavy atom. The minimum absolute atomic E-state index is 0.240. The van der Waals surface area contributed by atoms with E-state index in [1.165, 1.54) is 49.8 Å². The molecule has 0 amide bonds. The molecule has 0 saturated heterocycles. The highest BCUT2D eigenvalue weighted by Gasteiger charge is 2.47. The van der Waals surface area contributed by atoms with Gasteiger partial charge in [-0.3, -0.25) is 0 Å². The van der Waals surface area contributed by atoms with Crippen molar-refractivity contribution in [1.29, 1.82) is 0 Å². The van der Waals surface area contributed by atoms with E-state index >= 15 is 0 Å². The van der Waals surface area contributed by atoms with Gasteiger partial charge in [-0.1, -0.05) is 12.1 Å². The Morgan fingerprint density at radius 2 is 1.61 bits per heavy atom. The first-order valence-corrected chi connectivity index (χ1v) is 12.4. The van der Waals surface area contributed by atoms with E-state index in [2.05, 4.69) is 33.4 Å². The summed E-state index contributed by atoms with van der Waals surface area (Å²) in [7, 11) is 0. The Balaban J connectivity index is 1.27. The summed E-state index contributed by atoms with van der Waals surface area (Å²) < 4.78 is 26.0. The van der Waals surface area contributed by atoms with Crippen LogP contribution in [0, 0.1) is 29.5 Å². The van der Waals surface area contributed by atoms with E-state index in [9.17, 15) is 4.39 Å². The number of hydrogen-bond acceptors (Lipinski definition) is 3. The molecular weight excluding hydrogens is 457 g/mol. The maximum Gasteiger partial charge on any atom is 0.175 e. The molecule has 0 aliphatic heterocycles. The molecule has 3 nitrogen and oxygen atoms in total. The second-order valence-electron chi connectivity index (χ2n) is 9.59. The zero-order chi connectivity index (χ0) is 21.4. The number of ether oxygens (including phenoxy) is 2. The maximum absolute atomic E-state index is 13.2. The summed E-state index contributed by atoms with van der Waals surface area (Å²) in [6.45, 7) is 3.77. The van der Waals surface area contributed by atoms with Crippen molar-refractivity contribution in [3.8, 4) is 11.5 Å². The van der Waals surface area contributed by atoms with Crippen molar-refractivity contribution in [3.05, 3.63) is 57.8 Å². The van der Waals surface area contributed by atoms with Crippen LogP contribution in [0.4, 0.5) is 4.39 Å². The predicted octanol–water partition coefficient (Wildman–Crippen LogP) is 6.48. The van der Waals surface area contributed by atoms with E-state index in [0.717, 1.165) is 46.0 Å². The second kappa shape index (κ2) is 9.11. The molecule has 1 N–H and O–H groups in total. The molecule has 4 saturated carbocycles. The fraction of sp³-hybridized carbons (Fsp3) is 0.538. The number of rotatable bonds is 8. The second-order valence-corrected chi connectivity index (χ2v) is 10.4. The number of nitrogens with one attached hydrogen (secondary N) is 1. The molecule has 4 aliphatic carbocycles. The summed E-state index contributed by atoms with van der Waals surface area (Å²) in [5, 5.41) is 3.91. The topological polar surface area (TPSA) is 30.5 Å². The average Bonchev–Trinajstić information content (AvgIpc) is 2.74. The highest BCUT2D eigenvalue weighted by atomic mass is 79.9. The van der Waals surface area contributed by atoms with Gasteiger partial charge in [-0.2, -0.15) is 0 Å². The summed E-state index contributed by atoms with van der Waals surface area (Å²) >= 11 is 3.69. The Labute approximate surface area is 192 Å². The van der Waals surface area contributed by atoms with E-state index in [0.29, 0.717) is 25.0 Å². The summed E-state index contributed by atoms with van der Waals surface area (Å²) in [4.78, 5) is 0. The lowest BCUT2D eigenvalue weighted by Crippen LogP contribution is -2.54. The van der Waals surface area contributed by atoms with E-state index in [-0.39, 0.29) is 5.82 Å². The molecule has 2 aromatic carbocycles. The van der Waals surface area contributed by atoms with Crippen LogP contribution in [0.1, 0.15) is 50.2 Å².